The van der Waals surface area contributed by atoms with Crippen LogP contribution in [0.15, 0.2) is 22.4 Å². The number of piperazine rings is 1. The average molecular weight is 1090 g/mol. The molecule has 1 aromatic heterocycles. The van der Waals surface area contributed by atoms with Crippen LogP contribution in [0.5, 0.6) is 5.75 Å². The monoisotopic (exact) mass is 1090 g/mol. The summed E-state index contributed by atoms with van der Waals surface area (Å²) in [6, 6.07) is 0.615. The number of amides is 6. The number of nitrogens with one attached hydrogen (secondary N) is 3. The predicted molar refractivity (Wildman–Crippen MR) is 279 cm³/mol. The number of esters is 1. The number of hydrogen-bond donors (Lipinski definition) is 3. The van der Waals surface area contributed by atoms with E-state index in [4.69, 9.17) is 37.7 Å². The van der Waals surface area contributed by atoms with Crippen molar-refractivity contribution in [1.29, 1.82) is 0 Å². The van der Waals surface area contributed by atoms with E-state index < -0.39 is 89.8 Å². The van der Waals surface area contributed by atoms with Crippen molar-refractivity contribution in [3.8, 4) is 5.75 Å². The van der Waals surface area contributed by atoms with E-state index in [9.17, 15) is 28.8 Å². The quantitative estimate of drug-likeness (QED) is 0.0246. The largest absolute Gasteiger partial charge is 0.514 e. The Hall–Kier alpha value is -5.01. The van der Waals surface area contributed by atoms with E-state index in [1.807, 2.05) is 20.8 Å². The van der Waals surface area contributed by atoms with Gasteiger partial charge >= 0.3 is 43.2 Å². The van der Waals surface area contributed by atoms with Crippen molar-refractivity contribution in [1.82, 2.24) is 25.4 Å². The van der Waals surface area contributed by atoms with Crippen LogP contribution in [-0.4, -0.2) is 143 Å². The van der Waals surface area contributed by atoms with Gasteiger partial charge in [-0.05, 0) is 138 Å². The van der Waals surface area contributed by atoms with E-state index in [2.05, 4.69) is 34.8 Å². The lowest BCUT2D eigenvalue weighted by atomic mass is 9.43. The number of carbonyl (C=O) groups excluding carboxylic acids is 7. The number of nitrogens with zero attached hydrogens (tertiary/aromatic N) is 3. The normalized spacial score (nSPS) is 22.2. The molecular weight excluding hydrogens is 1010 g/mol. The van der Waals surface area contributed by atoms with Gasteiger partial charge < -0.3 is 53.3 Å². The number of thiazole rings is 1. The molecule has 6 amide bonds. The van der Waals surface area contributed by atoms with Crippen LogP contribution in [0.2, 0.25) is 0 Å². The number of urea groups is 1. The Balaban J connectivity index is 1.46. The third kappa shape index (κ3) is 14.3. The number of ether oxygens (including phenoxy) is 6. The molecule has 2 bridgehead atoms. The van der Waals surface area contributed by atoms with Crippen LogP contribution < -0.4 is 20.7 Å². The molecule has 3 aliphatic carbocycles. The summed E-state index contributed by atoms with van der Waals surface area (Å²) in [4.78, 5) is 104. The zero-order valence-corrected chi connectivity index (χ0v) is 47.6. The van der Waals surface area contributed by atoms with Crippen LogP contribution in [0, 0.1) is 17.3 Å². The molecule has 414 valence electrons. The molecule has 1 aromatic carbocycles. The van der Waals surface area contributed by atoms with Crippen LogP contribution in [0.4, 0.5) is 19.5 Å². The second-order valence-electron chi connectivity index (χ2n) is 22.7. The molecule has 21 nitrogen and oxygen atoms in total. The third-order valence-corrected chi connectivity index (χ3v) is 15.3. The van der Waals surface area contributed by atoms with E-state index in [1.54, 1.807) is 81.4 Å². The fraction of sp³-hybridized carbons (Fsp3) is 0.686. The van der Waals surface area contributed by atoms with Crippen LogP contribution >= 0.6 is 23.1 Å². The first-order chi connectivity index (χ1) is 34.9. The molecule has 2 aliphatic heterocycles. The van der Waals surface area contributed by atoms with Gasteiger partial charge in [0.25, 0.3) is 0 Å². The van der Waals surface area contributed by atoms with Crippen molar-refractivity contribution in [3.63, 3.8) is 0 Å². The maximum Gasteiger partial charge on any atom is 0.514 e. The van der Waals surface area contributed by atoms with Crippen molar-refractivity contribution in [2.45, 2.75) is 175 Å². The number of aromatic nitrogens is 1. The van der Waals surface area contributed by atoms with Crippen molar-refractivity contribution in [3.05, 3.63) is 34.3 Å². The summed E-state index contributed by atoms with van der Waals surface area (Å²) in [6.07, 6.45) is -1.59. The number of hydrogen-bond acceptors (Lipinski definition) is 18. The average Bonchev–Trinajstić information content (AvgIpc) is 3.90. The molecule has 5 aliphatic rings. The SMILES string of the molecule is CCOC(CSc1ccc(CC(NC(=O)C(NC(=O)N2CCN(CC)C(=O)C2=O)c2csc(NC(=O)OC(C)(C)C)n2)B2O[C@@H]3C[C@@H]4C[C@@H](C4(C)C)[C@]3(C)O2)c(OC(=O)OC(C)(C)C)c1C(=O)OC(C)(C)C)OCC. The number of rotatable bonds is 18. The Morgan fingerprint density at radius 1 is 0.880 bits per heavy atom. The summed E-state index contributed by atoms with van der Waals surface area (Å²) in [5.41, 5.74) is -3.64. The Bertz CT molecular complexity index is 2470. The maximum atomic E-state index is 15.2. The van der Waals surface area contributed by atoms with Gasteiger partial charge in [-0.15, -0.1) is 23.1 Å². The highest BCUT2D eigenvalue weighted by atomic mass is 32.2. The highest BCUT2D eigenvalue weighted by Gasteiger charge is 2.68. The smallest absolute Gasteiger partial charge is 0.456 e. The molecule has 2 saturated heterocycles. The zero-order valence-electron chi connectivity index (χ0n) is 45.9. The minimum atomic E-state index is -1.67. The summed E-state index contributed by atoms with van der Waals surface area (Å²) in [6.45, 7) is 27.9. The van der Waals surface area contributed by atoms with Gasteiger partial charge in [0.15, 0.2) is 23.2 Å². The van der Waals surface area contributed by atoms with Gasteiger partial charge in [-0.3, -0.25) is 24.6 Å². The summed E-state index contributed by atoms with van der Waals surface area (Å²) in [5.74, 6) is -4.34. The lowest BCUT2D eigenvalue weighted by Crippen LogP contribution is -2.65. The number of likely N-dealkylation sites (N-methyl/N-ethyl adjacent to an activating group) is 1. The van der Waals surface area contributed by atoms with Crippen molar-refractivity contribution in [2.75, 3.05) is 43.9 Å². The Kier molecular flexibility index (Phi) is 18.4. The number of thioether (sulfide) groups is 1. The molecular formula is C51H75BN6O15S2. The second-order valence-corrected chi connectivity index (χ2v) is 24.7. The van der Waals surface area contributed by atoms with E-state index in [-0.39, 0.29) is 76.9 Å². The number of carbonyl (C=O) groups is 7. The van der Waals surface area contributed by atoms with E-state index in [0.717, 1.165) is 22.7 Å². The first kappa shape index (κ1) is 59.2. The van der Waals surface area contributed by atoms with Gasteiger partial charge in [0.2, 0.25) is 5.91 Å². The van der Waals surface area contributed by atoms with Gasteiger partial charge in [-0.2, -0.15) is 0 Å². The molecule has 0 radical (unpaired) electrons. The fourth-order valence-corrected chi connectivity index (χ4v) is 11.6. The topological polar surface area (TPSA) is 249 Å². The molecule has 3 saturated carbocycles. The number of benzene rings is 1. The number of anilines is 1. The fourth-order valence-electron chi connectivity index (χ4n) is 9.86. The first-order valence-electron chi connectivity index (χ1n) is 25.5. The number of imide groups is 1. The molecule has 3 heterocycles. The Labute approximate surface area is 448 Å². The van der Waals surface area contributed by atoms with E-state index in [0.29, 0.717) is 30.4 Å². The highest BCUT2D eigenvalue weighted by molar-refractivity contribution is 7.99. The predicted octanol–water partition coefficient (Wildman–Crippen LogP) is 7.69. The van der Waals surface area contributed by atoms with Gasteiger partial charge in [-0.25, -0.2) is 24.2 Å². The van der Waals surface area contributed by atoms with E-state index in [1.165, 1.54) is 22.0 Å². The molecule has 0 spiro atoms. The molecule has 3 N–H and O–H groups in total. The molecule has 6 atom stereocenters. The van der Waals surface area contributed by atoms with Gasteiger partial charge in [0.05, 0.1) is 23.3 Å². The summed E-state index contributed by atoms with van der Waals surface area (Å²) < 4.78 is 48.6. The minimum absolute atomic E-state index is 0.0251. The molecule has 24 heteroatoms. The molecule has 75 heavy (non-hydrogen) atoms. The van der Waals surface area contributed by atoms with Crippen LogP contribution in [0.1, 0.15) is 144 Å². The minimum Gasteiger partial charge on any atom is -0.456 e. The van der Waals surface area contributed by atoms with Crippen LogP contribution in [-0.2, 0) is 53.8 Å². The Morgan fingerprint density at radius 3 is 2.13 bits per heavy atom. The van der Waals surface area contributed by atoms with Crippen molar-refractivity contribution in [2.24, 2.45) is 17.3 Å². The summed E-state index contributed by atoms with van der Waals surface area (Å²) in [7, 11) is -1.16. The highest BCUT2D eigenvalue weighted by Crippen LogP contribution is 2.66. The standard InChI is InChI=1S/C51H75BN6O15S2/c1-16-57-21-22-58(41(61)40(57)60)44(63)55-37(30-26-75-43(53-30)56-45(64)70-48(7,8)9)39(59)54-34(52-72-33-25-29-24-32(50(29,13)14)51(33,15)73-52)23-28-19-20-31(74-27-35(66-17-2)67-18-3)36(42(62)69-47(4,5)6)38(28)68-46(65)71-49(10,11)12/h19-20,26,29,32-35,37H,16-18,21-25,27H2,1-15H3,(H,54,59)(H,55,63)(H,53,56,64)/t29-,32-,33+,34?,37?,51-/m0/s1. The van der Waals surface area contributed by atoms with Gasteiger partial charge in [0.1, 0.15) is 22.4 Å². The van der Waals surface area contributed by atoms with Gasteiger partial charge in [-0.1, -0.05) is 19.9 Å². The van der Waals surface area contributed by atoms with Crippen molar-refractivity contribution >= 4 is 77.3 Å². The molecule has 5 fully saturated rings. The van der Waals surface area contributed by atoms with Crippen LogP contribution in [0.3, 0.4) is 0 Å². The summed E-state index contributed by atoms with van der Waals surface area (Å²) >= 11 is 2.16. The lowest BCUT2D eigenvalue weighted by molar-refractivity contribution is -0.199. The lowest BCUT2D eigenvalue weighted by Gasteiger charge is -2.64. The summed E-state index contributed by atoms with van der Waals surface area (Å²) in [5, 5.41) is 9.69. The second kappa shape index (κ2) is 23.3. The third-order valence-electron chi connectivity index (χ3n) is 13.4. The maximum absolute atomic E-state index is 15.2. The Morgan fingerprint density at radius 2 is 1.53 bits per heavy atom. The van der Waals surface area contributed by atoms with Gasteiger partial charge in [0, 0.05) is 48.9 Å². The molecule has 7 rings (SSSR count). The molecule has 2 unspecified atom stereocenters. The zero-order chi connectivity index (χ0) is 55.6. The van der Waals surface area contributed by atoms with E-state index >= 15 is 4.79 Å². The van der Waals surface area contributed by atoms with Crippen LogP contribution in [0.25, 0.3) is 0 Å². The first-order valence-corrected chi connectivity index (χ1v) is 27.4. The molecule has 2 aromatic rings. The van der Waals surface area contributed by atoms with Crippen molar-refractivity contribution < 1.29 is 71.3 Å².